The van der Waals surface area contributed by atoms with Crippen LogP contribution in [0.5, 0.6) is 0 Å². The Morgan fingerprint density at radius 2 is 1.77 bits per heavy atom. The fourth-order valence-electron chi connectivity index (χ4n) is 3.27. The molecule has 1 heterocycles. The van der Waals surface area contributed by atoms with E-state index in [2.05, 4.69) is 4.90 Å². The van der Waals surface area contributed by atoms with Crippen molar-refractivity contribution in [3.63, 3.8) is 0 Å². The number of benzene rings is 2. The zero-order valence-corrected chi connectivity index (χ0v) is 16.2. The van der Waals surface area contributed by atoms with Crippen molar-refractivity contribution in [3.8, 4) is 0 Å². The van der Waals surface area contributed by atoms with Gasteiger partial charge in [-0.15, -0.1) is 0 Å². The van der Waals surface area contributed by atoms with Crippen LogP contribution in [0.15, 0.2) is 42.5 Å². The number of carboxylic acid groups (broad SMARTS) is 1. The van der Waals surface area contributed by atoms with E-state index in [0.717, 1.165) is 36.0 Å². The fraction of sp³-hybridized carbons (Fsp3) is 0.389. The van der Waals surface area contributed by atoms with Crippen LogP contribution in [0.4, 0.5) is 0 Å². The van der Waals surface area contributed by atoms with Gasteiger partial charge in [-0.2, -0.15) is 0 Å². The largest absolute Gasteiger partial charge is 1.00 e. The number of nitrogens with zero attached hydrogens (tertiary/aromatic N) is 1. The van der Waals surface area contributed by atoms with E-state index in [1.165, 1.54) is 12.8 Å². The van der Waals surface area contributed by atoms with Crippen LogP contribution in [0.1, 0.15) is 30.7 Å². The molecule has 1 atom stereocenters. The third-order valence-corrected chi connectivity index (χ3v) is 4.42. The van der Waals surface area contributed by atoms with Crippen molar-refractivity contribution in [1.29, 1.82) is 0 Å². The van der Waals surface area contributed by atoms with Gasteiger partial charge in [0.1, 0.15) is 0 Å². The Balaban J connectivity index is 0.00000176. The van der Waals surface area contributed by atoms with E-state index in [1.807, 2.05) is 42.5 Å². The number of carbonyl (C=O) groups excluding carboxylic acids is 1. The standard InChI is InChI=1S/C18H21NO2.K/c20-18(21)17(10-13-19-11-3-4-12-19)16-9-5-7-14-6-1-2-8-15(14)16;/h1-2,5-9,17H,3-4,10-13H2,(H,20,21);/q;+1/p-1. The van der Waals surface area contributed by atoms with E-state index in [4.69, 9.17) is 0 Å². The summed E-state index contributed by atoms with van der Waals surface area (Å²) >= 11 is 0. The van der Waals surface area contributed by atoms with Gasteiger partial charge in [0, 0.05) is 11.9 Å². The van der Waals surface area contributed by atoms with Crippen molar-refractivity contribution in [1.82, 2.24) is 4.90 Å². The Bertz CT molecular complexity index is 633. The monoisotopic (exact) mass is 321 g/mol. The summed E-state index contributed by atoms with van der Waals surface area (Å²) in [6.45, 7) is 3.02. The molecule has 0 bridgehead atoms. The summed E-state index contributed by atoms with van der Waals surface area (Å²) in [5, 5.41) is 13.7. The first-order valence-electron chi connectivity index (χ1n) is 7.66. The Labute approximate surface area is 174 Å². The summed E-state index contributed by atoms with van der Waals surface area (Å²) in [4.78, 5) is 14.0. The van der Waals surface area contributed by atoms with Gasteiger partial charge in [0.15, 0.2) is 0 Å². The molecule has 3 rings (SSSR count). The molecule has 110 valence electrons. The zero-order valence-electron chi connectivity index (χ0n) is 13.1. The molecule has 0 aromatic heterocycles. The van der Waals surface area contributed by atoms with Crippen LogP contribution in [-0.2, 0) is 4.79 Å². The molecule has 4 heteroatoms. The van der Waals surface area contributed by atoms with Gasteiger partial charge >= 0.3 is 51.4 Å². The van der Waals surface area contributed by atoms with Crippen molar-refractivity contribution in [2.24, 2.45) is 0 Å². The van der Waals surface area contributed by atoms with Crippen molar-refractivity contribution in [3.05, 3.63) is 48.0 Å². The van der Waals surface area contributed by atoms with E-state index in [1.54, 1.807) is 0 Å². The minimum absolute atomic E-state index is 0. The second-order valence-electron chi connectivity index (χ2n) is 5.78. The summed E-state index contributed by atoms with van der Waals surface area (Å²) < 4.78 is 0. The summed E-state index contributed by atoms with van der Waals surface area (Å²) in [6.07, 6.45) is 3.07. The number of rotatable bonds is 5. The molecule has 0 aliphatic carbocycles. The Morgan fingerprint density at radius 3 is 2.50 bits per heavy atom. The average Bonchev–Trinajstić information content (AvgIpc) is 3.01. The topological polar surface area (TPSA) is 43.4 Å². The normalized spacial score (nSPS) is 16.4. The zero-order chi connectivity index (χ0) is 14.7. The molecule has 22 heavy (non-hydrogen) atoms. The average molecular weight is 321 g/mol. The van der Waals surface area contributed by atoms with Gasteiger partial charge in [0.05, 0.1) is 0 Å². The van der Waals surface area contributed by atoms with E-state index in [-0.39, 0.29) is 51.4 Å². The summed E-state index contributed by atoms with van der Waals surface area (Å²) in [5.41, 5.74) is 0.882. The quantitative estimate of drug-likeness (QED) is 0.675. The maximum absolute atomic E-state index is 11.6. The predicted octanol–water partition coefficient (Wildman–Crippen LogP) is -0.837. The Morgan fingerprint density at radius 1 is 1.09 bits per heavy atom. The first kappa shape index (κ1) is 18.1. The number of hydrogen-bond donors (Lipinski definition) is 0. The van der Waals surface area contributed by atoms with E-state index >= 15 is 0 Å². The van der Waals surface area contributed by atoms with Crippen LogP contribution >= 0.6 is 0 Å². The number of carbonyl (C=O) groups is 1. The SMILES string of the molecule is O=C([O-])C(CCN1CCCC1)c1cccc2ccccc12.[K+]. The summed E-state index contributed by atoms with van der Waals surface area (Å²) in [6, 6.07) is 13.8. The second kappa shape index (κ2) is 8.57. The molecule has 1 fully saturated rings. The Hall–Kier alpha value is -0.234. The van der Waals surface area contributed by atoms with Crippen molar-refractivity contribution < 1.29 is 61.3 Å². The molecule has 2 aromatic rings. The number of aliphatic carboxylic acids is 1. The molecule has 0 spiro atoms. The second-order valence-corrected chi connectivity index (χ2v) is 5.78. The molecule has 1 aliphatic rings. The van der Waals surface area contributed by atoms with Gasteiger partial charge in [-0.25, -0.2) is 0 Å². The minimum atomic E-state index is -0.967. The van der Waals surface area contributed by atoms with Gasteiger partial charge < -0.3 is 14.8 Å². The number of fused-ring (bicyclic) bond motifs is 1. The third kappa shape index (κ3) is 4.19. The van der Waals surface area contributed by atoms with Crippen molar-refractivity contribution in [2.45, 2.75) is 25.2 Å². The van der Waals surface area contributed by atoms with E-state index < -0.39 is 11.9 Å². The molecular weight excluding hydrogens is 301 g/mol. The van der Waals surface area contributed by atoms with Crippen LogP contribution < -0.4 is 56.5 Å². The first-order valence-corrected chi connectivity index (χ1v) is 7.66. The first-order chi connectivity index (χ1) is 10.3. The summed E-state index contributed by atoms with van der Waals surface area (Å²) in [5.74, 6) is -1.50. The molecule has 1 saturated heterocycles. The van der Waals surface area contributed by atoms with E-state index in [0.29, 0.717) is 6.42 Å². The van der Waals surface area contributed by atoms with Gasteiger partial charge in [-0.1, -0.05) is 42.5 Å². The molecule has 0 saturated carbocycles. The van der Waals surface area contributed by atoms with Crippen LogP contribution in [0, 0.1) is 0 Å². The molecule has 0 amide bonds. The third-order valence-electron chi connectivity index (χ3n) is 4.42. The molecular formula is C18H20KNO2. The maximum Gasteiger partial charge on any atom is 1.00 e. The maximum atomic E-state index is 11.6. The molecule has 1 unspecified atom stereocenters. The van der Waals surface area contributed by atoms with Crippen molar-refractivity contribution in [2.75, 3.05) is 19.6 Å². The molecule has 0 N–H and O–H groups in total. The van der Waals surface area contributed by atoms with Crippen LogP contribution in [0.3, 0.4) is 0 Å². The smallest absolute Gasteiger partial charge is 0.549 e. The Kier molecular flexibility index (Phi) is 7.06. The molecule has 2 aromatic carbocycles. The predicted molar refractivity (Wildman–Crippen MR) is 82.0 cm³/mol. The van der Waals surface area contributed by atoms with Gasteiger partial charge in [0.2, 0.25) is 0 Å². The molecule has 3 nitrogen and oxygen atoms in total. The van der Waals surface area contributed by atoms with E-state index in [9.17, 15) is 9.90 Å². The van der Waals surface area contributed by atoms with Gasteiger partial charge in [-0.3, -0.25) is 0 Å². The number of carboxylic acids is 1. The van der Waals surface area contributed by atoms with Gasteiger partial charge in [-0.05, 0) is 55.2 Å². The summed E-state index contributed by atoms with van der Waals surface area (Å²) in [7, 11) is 0. The number of likely N-dealkylation sites (tertiary alicyclic amines) is 1. The van der Waals surface area contributed by atoms with Crippen molar-refractivity contribution >= 4 is 16.7 Å². The fourth-order valence-corrected chi connectivity index (χ4v) is 3.27. The van der Waals surface area contributed by atoms with Crippen LogP contribution in [-0.4, -0.2) is 30.5 Å². The minimum Gasteiger partial charge on any atom is -0.549 e. The van der Waals surface area contributed by atoms with Gasteiger partial charge in [0.25, 0.3) is 0 Å². The molecule has 1 aliphatic heterocycles. The number of hydrogen-bond acceptors (Lipinski definition) is 3. The van der Waals surface area contributed by atoms with Crippen LogP contribution in [0.2, 0.25) is 0 Å². The van der Waals surface area contributed by atoms with Crippen LogP contribution in [0.25, 0.3) is 10.8 Å². The molecule has 0 radical (unpaired) electrons.